The monoisotopic (exact) mass is 233 g/mol. The SMILES string of the molecule is CC(C)(C)[C@H](O)c1nnc(-c2cccnc2)o1. The van der Waals surface area contributed by atoms with Crippen LogP contribution in [0.5, 0.6) is 0 Å². The fourth-order valence-corrected chi connectivity index (χ4v) is 1.32. The smallest absolute Gasteiger partial charge is 0.249 e. The Morgan fingerprint density at radius 2 is 2.06 bits per heavy atom. The lowest BCUT2D eigenvalue weighted by Crippen LogP contribution is -2.18. The van der Waals surface area contributed by atoms with Gasteiger partial charge in [0, 0.05) is 12.4 Å². The Balaban J connectivity index is 2.28. The maximum atomic E-state index is 10.0. The van der Waals surface area contributed by atoms with Crippen LogP contribution in [0.25, 0.3) is 11.5 Å². The number of hydrogen-bond donors (Lipinski definition) is 1. The number of pyridine rings is 1. The van der Waals surface area contributed by atoms with Gasteiger partial charge in [-0.05, 0) is 17.5 Å². The molecule has 0 unspecified atom stereocenters. The lowest BCUT2D eigenvalue weighted by molar-refractivity contribution is 0.0391. The van der Waals surface area contributed by atoms with Crippen molar-refractivity contribution in [1.82, 2.24) is 15.2 Å². The first-order valence-electron chi connectivity index (χ1n) is 5.40. The number of aliphatic hydroxyl groups is 1. The lowest BCUT2D eigenvalue weighted by atomic mass is 9.89. The minimum Gasteiger partial charge on any atom is -0.418 e. The van der Waals surface area contributed by atoms with Crippen LogP contribution in [0.2, 0.25) is 0 Å². The minimum absolute atomic E-state index is 0.233. The zero-order valence-electron chi connectivity index (χ0n) is 10.1. The summed E-state index contributed by atoms with van der Waals surface area (Å²) in [5.41, 5.74) is 0.408. The molecule has 0 saturated heterocycles. The first kappa shape index (κ1) is 11.7. The molecule has 2 aromatic heterocycles. The van der Waals surface area contributed by atoms with Crippen molar-refractivity contribution in [2.24, 2.45) is 5.41 Å². The van der Waals surface area contributed by atoms with E-state index in [9.17, 15) is 5.11 Å². The topological polar surface area (TPSA) is 72.0 Å². The number of nitrogens with zero attached hydrogens (tertiary/aromatic N) is 3. The number of hydrogen-bond acceptors (Lipinski definition) is 5. The van der Waals surface area contributed by atoms with E-state index in [0.717, 1.165) is 5.56 Å². The van der Waals surface area contributed by atoms with Crippen molar-refractivity contribution in [3.05, 3.63) is 30.4 Å². The summed E-state index contributed by atoms with van der Waals surface area (Å²) >= 11 is 0. The van der Waals surface area contributed by atoms with Gasteiger partial charge in [0.15, 0.2) is 0 Å². The molecule has 90 valence electrons. The maximum absolute atomic E-state index is 10.0. The highest BCUT2D eigenvalue weighted by Gasteiger charge is 2.28. The highest BCUT2D eigenvalue weighted by molar-refractivity contribution is 5.49. The number of aromatic nitrogens is 3. The molecule has 17 heavy (non-hydrogen) atoms. The Kier molecular flexibility index (Phi) is 2.93. The predicted molar refractivity (Wildman–Crippen MR) is 61.9 cm³/mol. The zero-order valence-corrected chi connectivity index (χ0v) is 10.1. The van der Waals surface area contributed by atoms with Gasteiger partial charge in [-0.1, -0.05) is 20.8 Å². The number of aliphatic hydroxyl groups excluding tert-OH is 1. The quantitative estimate of drug-likeness (QED) is 0.861. The molecule has 1 N–H and O–H groups in total. The summed E-state index contributed by atoms with van der Waals surface area (Å²) < 4.78 is 5.45. The summed E-state index contributed by atoms with van der Waals surface area (Å²) in [4.78, 5) is 3.97. The molecule has 0 fully saturated rings. The van der Waals surface area contributed by atoms with E-state index >= 15 is 0 Å². The van der Waals surface area contributed by atoms with Crippen molar-refractivity contribution in [3.63, 3.8) is 0 Å². The second-order valence-corrected chi connectivity index (χ2v) is 4.96. The van der Waals surface area contributed by atoms with Crippen molar-refractivity contribution in [2.75, 3.05) is 0 Å². The van der Waals surface area contributed by atoms with E-state index in [0.29, 0.717) is 5.89 Å². The molecular formula is C12H15N3O2. The first-order chi connectivity index (χ1) is 7.98. The summed E-state index contributed by atoms with van der Waals surface area (Å²) in [7, 11) is 0. The van der Waals surface area contributed by atoms with E-state index in [-0.39, 0.29) is 11.3 Å². The Labute approximate surface area is 99.5 Å². The van der Waals surface area contributed by atoms with Crippen LogP contribution in [0.4, 0.5) is 0 Å². The van der Waals surface area contributed by atoms with E-state index in [2.05, 4.69) is 15.2 Å². The Bertz CT molecular complexity index is 488. The molecule has 2 rings (SSSR count). The second-order valence-electron chi connectivity index (χ2n) is 4.96. The Morgan fingerprint density at radius 1 is 1.29 bits per heavy atom. The molecule has 1 atom stereocenters. The van der Waals surface area contributed by atoms with Gasteiger partial charge in [-0.2, -0.15) is 0 Å². The van der Waals surface area contributed by atoms with Gasteiger partial charge in [0.1, 0.15) is 6.10 Å². The molecule has 0 aliphatic rings. The van der Waals surface area contributed by atoms with Gasteiger partial charge in [0.05, 0.1) is 5.56 Å². The first-order valence-corrected chi connectivity index (χ1v) is 5.40. The summed E-state index contributed by atoms with van der Waals surface area (Å²) in [6.07, 6.45) is 2.53. The van der Waals surface area contributed by atoms with E-state index < -0.39 is 6.10 Å². The molecule has 0 aromatic carbocycles. The van der Waals surface area contributed by atoms with Crippen molar-refractivity contribution in [3.8, 4) is 11.5 Å². The van der Waals surface area contributed by atoms with E-state index in [1.54, 1.807) is 18.5 Å². The summed E-state index contributed by atoms with van der Waals surface area (Å²) in [5, 5.41) is 17.8. The second kappa shape index (κ2) is 4.25. The third-order valence-electron chi connectivity index (χ3n) is 2.40. The van der Waals surface area contributed by atoms with Crippen LogP contribution in [-0.4, -0.2) is 20.3 Å². The molecular weight excluding hydrogens is 218 g/mol. The molecule has 2 aromatic rings. The van der Waals surface area contributed by atoms with Gasteiger partial charge in [-0.25, -0.2) is 0 Å². The van der Waals surface area contributed by atoms with Crippen molar-refractivity contribution in [2.45, 2.75) is 26.9 Å². The third-order valence-corrected chi connectivity index (χ3v) is 2.40. The van der Waals surface area contributed by atoms with Crippen LogP contribution in [-0.2, 0) is 0 Å². The van der Waals surface area contributed by atoms with Crippen LogP contribution in [0.1, 0.15) is 32.8 Å². The van der Waals surface area contributed by atoms with Crippen molar-refractivity contribution < 1.29 is 9.52 Å². The lowest BCUT2D eigenvalue weighted by Gasteiger charge is -2.22. The average Bonchev–Trinajstić information content (AvgIpc) is 2.77. The van der Waals surface area contributed by atoms with Gasteiger partial charge < -0.3 is 9.52 Å². The van der Waals surface area contributed by atoms with Crippen LogP contribution in [0, 0.1) is 5.41 Å². The summed E-state index contributed by atoms with van der Waals surface area (Å²) in [6.45, 7) is 5.73. The van der Waals surface area contributed by atoms with Gasteiger partial charge in [0.2, 0.25) is 11.8 Å². The van der Waals surface area contributed by atoms with Crippen LogP contribution >= 0.6 is 0 Å². The fraction of sp³-hybridized carbons (Fsp3) is 0.417. The van der Waals surface area contributed by atoms with Crippen LogP contribution in [0.3, 0.4) is 0 Å². The van der Waals surface area contributed by atoms with E-state index in [4.69, 9.17) is 4.42 Å². The van der Waals surface area contributed by atoms with E-state index in [1.165, 1.54) is 0 Å². The molecule has 0 aliphatic carbocycles. The molecule has 0 saturated carbocycles. The maximum Gasteiger partial charge on any atom is 0.249 e. The Hall–Kier alpha value is -1.75. The predicted octanol–water partition coefficient (Wildman–Crippen LogP) is 2.21. The fourth-order valence-electron chi connectivity index (χ4n) is 1.32. The van der Waals surface area contributed by atoms with Crippen molar-refractivity contribution in [1.29, 1.82) is 0 Å². The van der Waals surface area contributed by atoms with Gasteiger partial charge in [-0.15, -0.1) is 10.2 Å². The molecule has 5 nitrogen and oxygen atoms in total. The molecule has 0 spiro atoms. The van der Waals surface area contributed by atoms with Gasteiger partial charge in [0.25, 0.3) is 0 Å². The average molecular weight is 233 g/mol. The Morgan fingerprint density at radius 3 is 2.65 bits per heavy atom. The van der Waals surface area contributed by atoms with Crippen LogP contribution < -0.4 is 0 Å². The van der Waals surface area contributed by atoms with Gasteiger partial charge >= 0.3 is 0 Å². The number of rotatable bonds is 2. The molecule has 5 heteroatoms. The standard InChI is InChI=1S/C12H15N3O2/c1-12(2,3)9(16)11-15-14-10(17-11)8-5-4-6-13-7-8/h4-7,9,16H,1-3H3/t9-/m1/s1. The molecule has 0 aliphatic heterocycles. The molecule has 2 heterocycles. The molecule has 0 radical (unpaired) electrons. The van der Waals surface area contributed by atoms with E-state index in [1.807, 2.05) is 26.8 Å². The zero-order chi connectivity index (χ0) is 12.5. The van der Waals surface area contributed by atoms with Crippen LogP contribution in [0.15, 0.2) is 28.9 Å². The minimum atomic E-state index is -0.777. The summed E-state index contributed by atoms with van der Waals surface area (Å²) in [5.74, 6) is 0.604. The highest BCUT2D eigenvalue weighted by atomic mass is 16.4. The normalized spacial score (nSPS) is 13.6. The highest BCUT2D eigenvalue weighted by Crippen LogP contribution is 2.32. The van der Waals surface area contributed by atoms with Gasteiger partial charge in [-0.3, -0.25) is 4.98 Å². The molecule has 0 bridgehead atoms. The van der Waals surface area contributed by atoms with Crippen molar-refractivity contribution >= 4 is 0 Å². The summed E-state index contributed by atoms with van der Waals surface area (Å²) in [6, 6.07) is 3.62. The largest absolute Gasteiger partial charge is 0.418 e. The third kappa shape index (κ3) is 2.50. The molecule has 0 amide bonds.